The second-order valence-corrected chi connectivity index (χ2v) is 5.35. The summed E-state index contributed by atoms with van der Waals surface area (Å²) >= 11 is 0. The van der Waals surface area contributed by atoms with Crippen LogP contribution in [0.2, 0.25) is 0 Å². The lowest BCUT2D eigenvalue weighted by Crippen LogP contribution is -2.56. The van der Waals surface area contributed by atoms with Crippen LogP contribution in [0, 0.1) is 0 Å². The molecule has 1 atom stereocenters. The summed E-state index contributed by atoms with van der Waals surface area (Å²) in [4.78, 5) is 22.8. The third-order valence-electron chi connectivity index (χ3n) is 3.47. The highest BCUT2D eigenvalue weighted by Gasteiger charge is 2.61. The Morgan fingerprint density at radius 3 is 2.26 bits per heavy atom. The highest BCUT2D eigenvalue weighted by molar-refractivity contribution is 5.96. The maximum Gasteiger partial charge on any atom is 0.454 e. The van der Waals surface area contributed by atoms with E-state index in [0.717, 1.165) is 24.5 Å². The van der Waals surface area contributed by atoms with Crippen LogP contribution in [0.1, 0.15) is 16.8 Å². The maximum absolute atomic E-state index is 13.0. The summed E-state index contributed by atoms with van der Waals surface area (Å²) in [6.07, 6.45) is -9.33. The Morgan fingerprint density at radius 2 is 1.74 bits per heavy atom. The zero-order chi connectivity index (χ0) is 20.5. The lowest BCUT2D eigenvalue weighted by Gasteiger charge is -2.32. The molecule has 1 aromatic rings. The van der Waals surface area contributed by atoms with Gasteiger partial charge in [0.25, 0.3) is 17.4 Å². The van der Waals surface area contributed by atoms with Crippen LogP contribution in [0.3, 0.4) is 0 Å². The van der Waals surface area contributed by atoms with Crippen LogP contribution in [0.5, 0.6) is 0 Å². The molecule has 1 amide bonds. The van der Waals surface area contributed by atoms with Crippen molar-refractivity contribution in [2.75, 3.05) is 5.32 Å². The molecule has 0 radical (unpaired) electrons. The highest BCUT2D eigenvalue weighted by atomic mass is 19.4. The summed E-state index contributed by atoms with van der Waals surface area (Å²) in [5.41, 5.74) is -3.55. The molecular formula is C15H11F6N3O3. The predicted octanol–water partition coefficient (Wildman–Crippen LogP) is 2.83. The van der Waals surface area contributed by atoms with Gasteiger partial charge in [-0.05, 0) is 24.3 Å². The van der Waals surface area contributed by atoms with E-state index in [1.54, 1.807) is 0 Å². The number of halogens is 6. The molecule has 0 aliphatic carbocycles. The van der Waals surface area contributed by atoms with Crippen LogP contribution >= 0.6 is 0 Å². The summed E-state index contributed by atoms with van der Waals surface area (Å²) in [5.74, 6) is -3.31. The molecule has 2 rings (SSSR count). The molecule has 1 unspecified atom stereocenters. The number of carbonyl (C=O) groups excluding carboxylic acids is 2. The van der Waals surface area contributed by atoms with Gasteiger partial charge in [-0.1, -0.05) is 0 Å². The zero-order valence-electron chi connectivity index (χ0n) is 13.2. The van der Waals surface area contributed by atoms with Crippen molar-refractivity contribution in [3.8, 4) is 0 Å². The smallest absolute Gasteiger partial charge is 0.362 e. The number of benzene rings is 1. The average Bonchev–Trinajstić information content (AvgIpc) is 2.97. The lowest BCUT2D eigenvalue weighted by molar-refractivity contribution is -0.297. The molecule has 2 N–H and O–H groups in total. The highest BCUT2D eigenvalue weighted by Crippen LogP contribution is 2.39. The SMILES string of the molecule is O=C(c1ccc(NC=CC(=O)C(F)(F)F)cc1)N1N=CCC1(O)C(F)(F)F. The Kier molecular flexibility index (Phi) is 5.31. The average molecular weight is 395 g/mol. The number of allylic oxidation sites excluding steroid dienone is 1. The molecule has 1 aliphatic heterocycles. The Hall–Kier alpha value is -2.89. The van der Waals surface area contributed by atoms with E-state index < -0.39 is 36.2 Å². The Bertz CT molecular complexity index is 785. The minimum Gasteiger partial charge on any atom is -0.362 e. The molecule has 0 saturated heterocycles. The van der Waals surface area contributed by atoms with Crippen LogP contribution in [-0.4, -0.2) is 46.1 Å². The van der Waals surface area contributed by atoms with E-state index in [-0.39, 0.29) is 22.3 Å². The first-order chi connectivity index (χ1) is 12.4. The first-order valence-electron chi connectivity index (χ1n) is 7.17. The number of ketones is 1. The van der Waals surface area contributed by atoms with E-state index in [1.807, 2.05) is 0 Å². The molecule has 1 aliphatic rings. The molecule has 0 saturated carbocycles. The van der Waals surface area contributed by atoms with Crippen LogP contribution in [0.4, 0.5) is 32.0 Å². The van der Waals surface area contributed by atoms with Crippen LogP contribution in [0.15, 0.2) is 41.6 Å². The van der Waals surface area contributed by atoms with Crippen molar-refractivity contribution < 1.29 is 41.0 Å². The quantitative estimate of drug-likeness (QED) is 0.607. The van der Waals surface area contributed by atoms with E-state index in [1.165, 1.54) is 12.1 Å². The predicted molar refractivity (Wildman–Crippen MR) is 80.6 cm³/mol. The number of carbonyl (C=O) groups is 2. The summed E-state index contributed by atoms with van der Waals surface area (Å²) in [5, 5.41) is 15.2. The summed E-state index contributed by atoms with van der Waals surface area (Å²) in [6, 6.07) is 4.52. The number of aliphatic hydroxyl groups is 1. The Balaban J connectivity index is 2.09. The van der Waals surface area contributed by atoms with Gasteiger partial charge in [-0.15, -0.1) is 0 Å². The molecule has 12 heteroatoms. The molecule has 0 aromatic heterocycles. The number of amides is 1. The zero-order valence-corrected chi connectivity index (χ0v) is 13.2. The van der Waals surface area contributed by atoms with Crippen LogP contribution in [-0.2, 0) is 4.79 Å². The normalized spacial score (nSPS) is 20.3. The van der Waals surface area contributed by atoms with Crippen molar-refractivity contribution >= 4 is 23.6 Å². The molecule has 27 heavy (non-hydrogen) atoms. The Labute approximate surface area is 147 Å². The standard InChI is InChI=1S/C15H11F6N3O3/c16-14(17,18)11(25)5-7-22-10-3-1-9(2-4-10)12(26)24-13(27,6-8-23-24)15(19,20)21/h1-5,7-8,22,27H,6H2. The number of alkyl halides is 6. The van der Waals surface area contributed by atoms with Gasteiger partial charge in [0.05, 0.1) is 0 Å². The molecule has 146 valence electrons. The first kappa shape index (κ1) is 20.4. The molecular weight excluding hydrogens is 384 g/mol. The second-order valence-electron chi connectivity index (χ2n) is 5.35. The fraction of sp³-hybridized carbons (Fsp3) is 0.267. The van der Waals surface area contributed by atoms with Gasteiger partial charge in [0.2, 0.25) is 0 Å². The van der Waals surface area contributed by atoms with E-state index in [4.69, 9.17) is 0 Å². The minimum absolute atomic E-state index is 0.0860. The lowest BCUT2D eigenvalue weighted by atomic mass is 10.1. The van der Waals surface area contributed by atoms with Gasteiger partial charge in [-0.2, -0.15) is 36.5 Å². The minimum atomic E-state index is -5.13. The number of nitrogens with one attached hydrogen (secondary N) is 1. The first-order valence-corrected chi connectivity index (χ1v) is 7.17. The van der Waals surface area contributed by atoms with E-state index in [2.05, 4.69) is 10.4 Å². The van der Waals surface area contributed by atoms with Crippen molar-refractivity contribution in [2.24, 2.45) is 5.10 Å². The monoisotopic (exact) mass is 395 g/mol. The van der Waals surface area contributed by atoms with E-state index >= 15 is 0 Å². The fourth-order valence-electron chi connectivity index (χ4n) is 2.03. The summed E-state index contributed by atoms with van der Waals surface area (Å²) in [6.45, 7) is 0. The molecule has 1 aromatic carbocycles. The summed E-state index contributed by atoms with van der Waals surface area (Å²) in [7, 11) is 0. The van der Waals surface area contributed by atoms with Gasteiger partial charge in [0.1, 0.15) is 0 Å². The number of rotatable bonds is 4. The van der Waals surface area contributed by atoms with Crippen molar-refractivity contribution in [1.29, 1.82) is 0 Å². The van der Waals surface area contributed by atoms with Crippen molar-refractivity contribution in [2.45, 2.75) is 24.5 Å². The number of hydrogen-bond acceptors (Lipinski definition) is 5. The Morgan fingerprint density at radius 1 is 1.15 bits per heavy atom. The van der Waals surface area contributed by atoms with Crippen molar-refractivity contribution in [1.82, 2.24) is 5.01 Å². The second kappa shape index (κ2) is 7.02. The molecule has 0 spiro atoms. The molecule has 0 fully saturated rings. The van der Waals surface area contributed by atoms with Crippen LogP contribution < -0.4 is 5.32 Å². The van der Waals surface area contributed by atoms with Gasteiger partial charge < -0.3 is 10.4 Å². The number of hydrogen-bond donors (Lipinski definition) is 2. The molecule has 1 heterocycles. The van der Waals surface area contributed by atoms with Gasteiger partial charge >= 0.3 is 12.4 Å². The summed E-state index contributed by atoms with van der Waals surface area (Å²) < 4.78 is 75.0. The fourth-order valence-corrected chi connectivity index (χ4v) is 2.03. The van der Waals surface area contributed by atoms with E-state index in [0.29, 0.717) is 0 Å². The number of hydrazone groups is 1. The molecule has 0 bridgehead atoms. The van der Waals surface area contributed by atoms with Crippen molar-refractivity contribution in [3.63, 3.8) is 0 Å². The largest absolute Gasteiger partial charge is 0.454 e. The van der Waals surface area contributed by atoms with Crippen molar-refractivity contribution in [3.05, 3.63) is 42.1 Å². The molecule has 6 nitrogen and oxygen atoms in total. The van der Waals surface area contributed by atoms with Gasteiger partial charge in [-0.25, -0.2) is 0 Å². The number of anilines is 1. The topological polar surface area (TPSA) is 82.0 Å². The third kappa shape index (κ3) is 4.27. The third-order valence-corrected chi connectivity index (χ3v) is 3.47. The van der Waals surface area contributed by atoms with Gasteiger partial charge in [0.15, 0.2) is 0 Å². The van der Waals surface area contributed by atoms with E-state index in [9.17, 15) is 41.0 Å². The number of nitrogens with zero attached hydrogens (tertiary/aromatic N) is 2. The van der Waals surface area contributed by atoms with Gasteiger partial charge in [-0.3, -0.25) is 9.59 Å². The van der Waals surface area contributed by atoms with Gasteiger partial charge in [0, 0.05) is 36.2 Å². The van der Waals surface area contributed by atoms with Crippen LogP contribution in [0.25, 0.3) is 0 Å². The maximum atomic E-state index is 13.0.